The molecule has 0 atom stereocenters. The molecule has 0 aromatic heterocycles. The van der Waals surface area contributed by atoms with E-state index in [-0.39, 0.29) is 6.09 Å². The smallest absolute Gasteiger partial charge is 0.410 e. The number of methoxy groups -OCH3 is 2. The van der Waals surface area contributed by atoms with E-state index in [0.717, 1.165) is 12.8 Å². The minimum absolute atomic E-state index is 0.269. The molecule has 0 bridgehead atoms. The van der Waals surface area contributed by atoms with E-state index in [0.29, 0.717) is 26.3 Å². The van der Waals surface area contributed by atoms with E-state index in [9.17, 15) is 4.79 Å². The van der Waals surface area contributed by atoms with Gasteiger partial charge in [0.15, 0.2) is 0 Å². The van der Waals surface area contributed by atoms with Gasteiger partial charge in [0.1, 0.15) is 5.60 Å². The fourth-order valence-electron chi connectivity index (χ4n) is 1.42. The van der Waals surface area contributed by atoms with Crippen LogP contribution < -0.4 is 0 Å². The minimum Gasteiger partial charge on any atom is -0.444 e. The van der Waals surface area contributed by atoms with Crippen molar-refractivity contribution in [3.63, 3.8) is 0 Å². The van der Waals surface area contributed by atoms with Crippen molar-refractivity contribution in [2.75, 3.05) is 40.5 Å². The molecule has 0 heterocycles. The van der Waals surface area contributed by atoms with Crippen LogP contribution in [0.25, 0.3) is 0 Å². The Bertz CT molecular complexity index is 216. The van der Waals surface area contributed by atoms with Crippen LogP contribution in [0.3, 0.4) is 0 Å². The van der Waals surface area contributed by atoms with E-state index in [1.807, 2.05) is 20.8 Å². The number of rotatable bonds is 8. The molecular weight excluding hydrogens is 234 g/mol. The van der Waals surface area contributed by atoms with Crippen molar-refractivity contribution in [2.24, 2.45) is 0 Å². The molecule has 0 unspecified atom stereocenters. The maximum Gasteiger partial charge on any atom is 0.410 e. The zero-order chi connectivity index (χ0) is 14.0. The highest BCUT2D eigenvalue weighted by Crippen LogP contribution is 2.10. The lowest BCUT2D eigenvalue weighted by atomic mass is 10.2. The summed E-state index contributed by atoms with van der Waals surface area (Å²) < 4.78 is 15.4. The lowest BCUT2D eigenvalue weighted by Gasteiger charge is -2.27. The molecule has 0 aliphatic carbocycles. The summed E-state index contributed by atoms with van der Waals surface area (Å²) in [6, 6.07) is 0. The van der Waals surface area contributed by atoms with Crippen molar-refractivity contribution in [3.05, 3.63) is 0 Å². The van der Waals surface area contributed by atoms with Crippen LogP contribution in [0.5, 0.6) is 0 Å². The second-order valence-electron chi connectivity index (χ2n) is 5.16. The molecule has 0 saturated heterocycles. The van der Waals surface area contributed by atoms with Gasteiger partial charge in [0.05, 0.1) is 0 Å². The molecule has 0 saturated carbocycles. The lowest BCUT2D eigenvalue weighted by Crippen LogP contribution is -2.38. The van der Waals surface area contributed by atoms with Crippen molar-refractivity contribution in [1.82, 2.24) is 4.90 Å². The SMILES string of the molecule is COCCCN(CCCOC)C(=O)OC(C)(C)C. The van der Waals surface area contributed by atoms with Crippen LogP contribution >= 0.6 is 0 Å². The third-order valence-corrected chi connectivity index (χ3v) is 2.20. The number of carbonyl (C=O) groups is 1. The molecule has 108 valence electrons. The van der Waals surface area contributed by atoms with E-state index in [1.54, 1.807) is 19.1 Å². The van der Waals surface area contributed by atoms with Gasteiger partial charge in [0, 0.05) is 40.5 Å². The predicted octanol–water partition coefficient (Wildman–Crippen LogP) is 2.30. The summed E-state index contributed by atoms with van der Waals surface area (Å²) in [6.07, 6.45) is 1.35. The number of carbonyl (C=O) groups excluding carboxylic acids is 1. The third-order valence-electron chi connectivity index (χ3n) is 2.20. The average Bonchev–Trinajstić information content (AvgIpc) is 2.25. The van der Waals surface area contributed by atoms with Crippen molar-refractivity contribution >= 4 is 6.09 Å². The molecule has 0 aliphatic rings. The van der Waals surface area contributed by atoms with Crippen LogP contribution in [0.4, 0.5) is 4.79 Å². The molecule has 5 nitrogen and oxygen atoms in total. The van der Waals surface area contributed by atoms with E-state index < -0.39 is 5.60 Å². The standard InChI is InChI=1S/C13H27NO4/c1-13(2,3)18-12(15)14(8-6-10-16-4)9-7-11-17-5/h6-11H2,1-5H3. The Hall–Kier alpha value is -0.810. The fourth-order valence-corrected chi connectivity index (χ4v) is 1.42. The Labute approximate surface area is 110 Å². The van der Waals surface area contributed by atoms with Crippen LogP contribution in [0.15, 0.2) is 0 Å². The minimum atomic E-state index is -0.460. The summed E-state index contributed by atoms with van der Waals surface area (Å²) in [5, 5.41) is 0. The van der Waals surface area contributed by atoms with Crippen LogP contribution in [-0.4, -0.2) is 57.1 Å². The monoisotopic (exact) mass is 261 g/mol. The first-order valence-electron chi connectivity index (χ1n) is 6.36. The number of amides is 1. The highest BCUT2D eigenvalue weighted by Gasteiger charge is 2.21. The first-order chi connectivity index (χ1) is 8.40. The highest BCUT2D eigenvalue weighted by molar-refractivity contribution is 5.68. The van der Waals surface area contributed by atoms with Gasteiger partial charge in [-0.15, -0.1) is 0 Å². The molecule has 0 rings (SSSR count). The Balaban J connectivity index is 4.20. The molecular formula is C13H27NO4. The van der Waals surface area contributed by atoms with Gasteiger partial charge in [-0.1, -0.05) is 0 Å². The van der Waals surface area contributed by atoms with Gasteiger partial charge in [-0.3, -0.25) is 0 Å². The third kappa shape index (κ3) is 9.24. The summed E-state index contributed by atoms with van der Waals surface area (Å²) in [4.78, 5) is 13.7. The van der Waals surface area contributed by atoms with E-state index in [2.05, 4.69) is 0 Å². The normalized spacial score (nSPS) is 11.4. The Kier molecular flexibility index (Phi) is 8.75. The molecule has 0 N–H and O–H groups in total. The summed E-state index contributed by atoms with van der Waals surface area (Å²) in [6.45, 7) is 8.18. The average molecular weight is 261 g/mol. The Morgan fingerprint density at radius 2 is 1.44 bits per heavy atom. The van der Waals surface area contributed by atoms with E-state index >= 15 is 0 Å². The molecule has 5 heteroatoms. The van der Waals surface area contributed by atoms with Crippen LogP contribution in [0.1, 0.15) is 33.6 Å². The first kappa shape index (κ1) is 17.2. The largest absolute Gasteiger partial charge is 0.444 e. The lowest BCUT2D eigenvalue weighted by molar-refractivity contribution is 0.0221. The molecule has 0 spiro atoms. The zero-order valence-electron chi connectivity index (χ0n) is 12.3. The summed E-state index contributed by atoms with van der Waals surface area (Å²) >= 11 is 0. The predicted molar refractivity (Wildman–Crippen MR) is 70.8 cm³/mol. The summed E-state index contributed by atoms with van der Waals surface area (Å²) in [5.41, 5.74) is -0.460. The van der Waals surface area contributed by atoms with Gasteiger partial charge in [-0.2, -0.15) is 0 Å². The van der Waals surface area contributed by atoms with Crippen LogP contribution in [-0.2, 0) is 14.2 Å². The van der Waals surface area contributed by atoms with Gasteiger partial charge >= 0.3 is 6.09 Å². The maximum absolute atomic E-state index is 12.0. The number of hydrogen-bond acceptors (Lipinski definition) is 4. The molecule has 0 aromatic rings. The van der Waals surface area contributed by atoms with Crippen molar-refractivity contribution in [3.8, 4) is 0 Å². The van der Waals surface area contributed by atoms with Gasteiger partial charge in [0.2, 0.25) is 0 Å². The van der Waals surface area contributed by atoms with Crippen LogP contribution in [0.2, 0.25) is 0 Å². The highest BCUT2D eigenvalue weighted by atomic mass is 16.6. The van der Waals surface area contributed by atoms with Gasteiger partial charge in [0.25, 0.3) is 0 Å². The number of nitrogens with zero attached hydrogens (tertiary/aromatic N) is 1. The fraction of sp³-hybridized carbons (Fsp3) is 0.923. The summed E-state index contributed by atoms with van der Waals surface area (Å²) in [5.74, 6) is 0. The first-order valence-corrected chi connectivity index (χ1v) is 6.36. The second kappa shape index (κ2) is 9.16. The zero-order valence-corrected chi connectivity index (χ0v) is 12.3. The molecule has 0 radical (unpaired) electrons. The van der Waals surface area contributed by atoms with Gasteiger partial charge in [-0.05, 0) is 33.6 Å². The quantitative estimate of drug-likeness (QED) is 0.629. The topological polar surface area (TPSA) is 48.0 Å². The molecule has 18 heavy (non-hydrogen) atoms. The van der Waals surface area contributed by atoms with Gasteiger partial charge in [-0.25, -0.2) is 4.79 Å². The Morgan fingerprint density at radius 3 is 1.78 bits per heavy atom. The van der Waals surface area contributed by atoms with E-state index in [1.165, 1.54) is 0 Å². The van der Waals surface area contributed by atoms with Crippen molar-refractivity contribution in [2.45, 2.75) is 39.2 Å². The number of hydrogen-bond donors (Lipinski definition) is 0. The Morgan fingerprint density at radius 1 is 1.00 bits per heavy atom. The molecule has 0 aliphatic heterocycles. The molecule has 0 aromatic carbocycles. The second-order valence-corrected chi connectivity index (χ2v) is 5.16. The molecule has 0 fully saturated rings. The van der Waals surface area contributed by atoms with Gasteiger partial charge < -0.3 is 19.1 Å². The van der Waals surface area contributed by atoms with Crippen molar-refractivity contribution < 1.29 is 19.0 Å². The number of ether oxygens (including phenoxy) is 3. The summed E-state index contributed by atoms with van der Waals surface area (Å²) in [7, 11) is 3.31. The van der Waals surface area contributed by atoms with E-state index in [4.69, 9.17) is 14.2 Å². The van der Waals surface area contributed by atoms with Crippen molar-refractivity contribution in [1.29, 1.82) is 0 Å². The maximum atomic E-state index is 12.0. The van der Waals surface area contributed by atoms with Crippen LogP contribution in [0, 0.1) is 0 Å². The molecule has 1 amide bonds.